The van der Waals surface area contributed by atoms with Gasteiger partial charge >= 0.3 is 5.97 Å². The minimum Gasteiger partial charge on any atom is -0.465 e. The number of H-pyrrole nitrogens is 1. The lowest BCUT2D eigenvalue weighted by atomic mass is 10.1. The van der Waals surface area contributed by atoms with Crippen LogP contribution in [0.2, 0.25) is 0 Å². The van der Waals surface area contributed by atoms with Gasteiger partial charge in [0.2, 0.25) is 0 Å². The smallest absolute Gasteiger partial charge is 0.337 e. The highest BCUT2D eigenvalue weighted by atomic mass is 32.2. The van der Waals surface area contributed by atoms with E-state index < -0.39 is 17.6 Å². The van der Waals surface area contributed by atoms with E-state index in [0.29, 0.717) is 27.7 Å². The van der Waals surface area contributed by atoms with Crippen molar-refractivity contribution in [1.82, 2.24) is 9.97 Å². The minimum atomic E-state index is -0.675. The zero-order chi connectivity index (χ0) is 21.0. The van der Waals surface area contributed by atoms with Gasteiger partial charge in [-0.3, -0.25) is 4.79 Å². The van der Waals surface area contributed by atoms with E-state index in [1.54, 1.807) is 31.2 Å². The number of halogens is 2. The van der Waals surface area contributed by atoms with Gasteiger partial charge in [0.25, 0.3) is 5.56 Å². The molecule has 29 heavy (non-hydrogen) atoms. The molecule has 0 spiro atoms. The zero-order valence-corrected chi connectivity index (χ0v) is 16.6. The fourth-order valence-electron chi connectivity index (χ4n) is 2.67. The fourth-order valence-corrected chi connectivity index (χ4v) is 3.51. The number of carbonyl (C=O) groups is 1. The first-order chi connectivity index (χ1) is 13.9. The van der Waals surface area contributed by atoms with E-state index in [1.165, 1.54) is 37.1 Å². The van der Waals surface area contributed by atoms with Crippen LogP contribution >= 0.6 is 11.8 Å². The highest BCUT2D eigenvalue weighted by Crippen LogP contribution is 2.22. The number of carbonyl (C=O) groups excluding carboxylic acids is 1. The lowest BCUT2D eigenvalue weighted by molar-refractivity contribution is 0.0600. The number of aromatic amines is 1. The molecule has 150 valence electrons. The third kappa shape index (κ3) is 4.89. The average molecular weight is 416 g/mol. The highest BCUT2D eigenvalue weighted by molar-refractivity contribution is 7.98. The van der Waals surface area contributed by atoms with Crippen molar-refractivity contribution < 1.29 is 18.3 Å². The van der Waals surface area contributed by atoms with E-state index in [4.69, 9.17) is 0 Å². The van der Waals surface area contributed by atoms with Crippen LogP contribution in [0.1, 0.15) is 32.7 Å². The van der Waals surface area contributed by atoms with Gasteiger partial charge in [0, 0.05) is 23.3 Å². The standard InChI is InChI=1S/C21H18F2N2O3S/c1-12-18(10-15-16(22)4-3-5-17(15)23)24-21(25-19(12)26)29-11-13-6-8-14(9-7-13)20(27)28-2/h3-9H,10-11H2,1-2H3,(H,24,25,26). The first-order valence-corrected chi connectivity index (χ1v) is 9.70. The Balaban J connectivity index is 1.79. The normalized spacial score (nSPS) is 10.8. The molecule has 0 aliphatic rings. The average Bonchev–Trinajstić information content (AvgIpc) is 2.72. The molecule has 0 amide bonds. The van der Waals surface area contributed by atoms with Gasteiger partial charge in [-0.2, -0.15) is 0 Å². The maximum Gasteiger partial charge on any atom is 0.337 e. The van der Waals surface area contributed by atoms with Gasteiger partial charge in [-0.05, 0) is 36.8 Å². The van der Waals surface area contributed by atoms with Gasteiger partial charge in [-0.15, -0.1) is 0 Å². The van der Waals surface area contributed by atoms with Gasteiger partial charge in [0.15, 0.2) is 5.16 Å². The molecular formula is C21H18F2N2O3S. The Morgan fingerprint density at radius 2 is 1.79 bits per heavy atom. The number of hydrogen-bond donors (Lipinski definition) is 1. The molecule has 0 unspecified atom stereocenters. The predicted molar refractivity (Wildman–Crippen MR) is 106 cm³/mol. The first kappa shape index (κ1) is 20.7. The number of nitrogens with one attached hydrogen (secondary N) is 1. The molecule has 0 saturated heterocycles. The molecule has 5 nitrogen and oxygen atoms in total. The molecule has 1 heterocycles. The fraction of sp³-hybridized carbons (Fsp3) is 0.190. The van der Waals surface area contributed by atoms with Gasteiger partial charge in [-0.1, -0.05) is 30.0 Å². The van der Waals surface area contributed by atoms with Crippen LogP contribution in [0.15, 0.2) is 52.4 Å². The van der Waals surface area contributed by atoms with Gasteiger partial charge in [0.1, 0.15) is 11.6 Å². The number of esters is 1. The second-order valence-electron chi connectivity index (χ2n) is 6.30. The molecule has 3 aromatic rings. The Kier molecular flexibility index (Phi) is 6.43. The number of hydrogen-bond acceptors (Lipinski definition) is 5. The third-order valence-corrected chi connectivity index (χ3v) is 5.33. The number of aromatic nitrogens is 2. The molecule has 0 radical (unpaired) electrons. The van der Waals surface area contributed by atoms with Crippen molar-refractivity contribution in [2.24, 2.45) is 0 Å². The molecule has 1 aromatic heterocycles. The van der Waals surface area contributed by atoms with Crippen LogP contribution in [0, 0.1) is 18.6 Å². The summed E-state index contributed by atoms with van der Waals surface area (Å²) in [4.78, 5) is 30.8. The van der Waals surface area contributed by atoms with E-state index in [1.807, 2.05) is 0 Å². The Hall–Kier alpha value is -3.00. The van der Waals surface area contributed by atoms with Crippen molar-refractivity contribution in [3.63, 3.8) is 0 Å². The summed E-state index contributed by atoms with van der Waals surface area (Å²) in [6, 6.07) is 10.5. The molecule has 0 aliphatic heterocycles. The van der Waals surface area contributed by atoms with Crippen LogP contribution in [0.3, 0.4) is 0 Å². The maximum absolute atomic E-state index is 14.0. The summed E-state index contributed by atoms with van der Waals surface area (Å²) < 4.78 is 32.6. The van der Waals surface area contributed by atoms with E-state index in [2.05, 4.69) is 14.7 Å². The van der Waals surface area contributed by atoms with Gasteiger partial charge < -0.3 is 9.72 Å². The Bertz CT molecular complexity index is 1080. The van der Waals surface area contributed by atoms with Crippen molar-refractivity contribution in [2.75, 3.05) is 7.11 Å². The van der Waals surface area contributed by atoms with Crippen LogP contribution in [0.5, 0.6) is 0 Å². The summed E-state index contributed by atoms with van der Waals surface area (Å²) in [5.74, 6) is -1.28. The summed E-state index contributed by atoms with van der Waals surface area (Å²) in [7, 11) is 1.32. The molecule has 2 aromatic carbocycles. The van der Waals surface area contributed by atoms with E-state index in [-0.39, 0.29) is 17.5 Å². The third-order valence-electron chi connectivity index (χ3n) is 4.39. The minimum absolute atomic E-state index is 0.115. The highest BCUT2D eigenvalue weighted by Gasteiger charge is 2.15. The molecule has 0 bridgehead atoms. The number of rotatable bonds is 6. The second-order valence-corrected chi connectivity index (χ2v) is 7.26. The SMILES string of the molecule is COC(=O)c1ccc(CSc2nc(Cc3c(F)cccc3F)c(C)c(=O)[nH]2)cc1. The van der Waals surface area contributed by atoms with E-state index in [0.717, 1.165) is 5.56 Å². The predicted octanol–water partition coefficient (Wildman–Crippen LogP) is 4.03. The first-order valence-electron chi connectivity index (χ1n) is 8.71. The lowest BCUT2D eigenvalue weighted by Gasteiger charge is -2.09. The summed E-state index contributed by atoms with van der Waals surface area (Å²) in [6.45, 7) is 1.57. The summed E-state index contributed by atoms with van der Waals surface area (Å²) in [5, 5.41) is 0.351. The molecule has 0 atom stereocenters. The number of nitrogens with zero attached hydrogens (tertiary/aromatic N) is 1. The van der Waals surface area contributed by atoms with Crippen molar-refractivity contribution in [2.45, 2.75) is 24.3 Å². The van der Waals surface area contributed by atoms with Crippen LogP contribution in [0.25, 0.3) is 0 Å². The maximum atomic E-state index is 14.0. The Morgan fingerprint density at radius 1 is 1.14 bits per heavy atom. The zero-order valence-electron chi connectivity index (χ0n) is 15.8. The van der Waals surface area contributed by atoms with Crippen molar-refractivity contribution in [3.05, 3.63) is 92.4 Å². The van der Waals surface area contributed by atoms with Crippen molar-refractivity contribution in [3.8, 4) is 0 Å². The molecule has 8 heteroatoms. The summed E-state index contributed by atoms with van der Waals surface area (Å²) in [6.07, 6.45) is -0.115. The van der Waals surface area contributed by atoms with E-state index in [9.17, 15) is 18.4 Å². The van der Waals surface area contributed by atoms with Gasteiger partial charge in [-0.25, -0.2) is 18.6 Å². The number of benzene rings is 2. The summed E-state index contributed by atoms with van der Waals surface area (Å²) >= 11 is 1.28. The van der Waals surface area contributed by atoms with Crippen LogP contribution < -0.4 is 5.56 Å². The quantitative estimate of drug-likeness (QED) is 0.373. The molecule has 0 aliphatic carbocycles. The number of thioether (sulfide) groups is 1. The second kappa shape index (κ2) is 9.00. The summed E-state index contributed by atoms with van der Waals surface area (Å²) in [5.41, 5.74) is 1.52. The van der Waals surface area contributed by atoms with Crippen molar-refractivity contribution >= 4 is 17.7 Å². The Morgan fingerprint density at radius 3 is 2.41 bits per heavy atom. The van der Waals surface area contributed by atoms with Gasteiger partial charge in [0.05, 0.1) is 18.4 Å². The number of ether oxygens (including phenoxy) is 1. The molecule has 3 rings (SSSR count). The Labute approximate surface area is 170 Å². The molecular weight excluding hydrogens is 398 g/mol. The van der Waals surface area contributed by atoms with Crippen LogP contribution in [-0.2, 0) is 16.9 Å². The van der Waals surface area contributed by atoms with Crippen LogP contribution in [0.4, 0.5) is 8.78 Å². The van der Waals surface area contributed by atoms with Crippen molar-refractivity contribution in [1.29, 1.82) is 0 Å². The van der Waals surface area contributed by atoms with Crippen LogP contribution in [-0.4, -0.2) is 23.0 Å². The monoisotopic (exact) mass is 416 g/mol. The topological polar surface area (TPSA) is 72.0 Å². The molecule has 1 N–H and O–H groups in total. The molecule has 0 saturated carbocycles. The molecule has 0 fully saturated rings. The van der Waals surface area contributed by atoms with E-state index >= 15 is 0 Å². The largest absolute Gasteiger partial charge is 0.465 e. The lowest BCUT2D eigenvalue weighted by Crippen LogP contribution is -2.16. The number of methoxy groups -OCH3 is 1.